The highest BCUT2D eigenvalue weighted by molar-refractivity contribution is 5.26. The fourth-order valence-electron chi connectivity index (χ4n) is 2.61. The first-order valence-corrected chi connectivity index (χ1v) is 7.93. The Labute approximate surface area is 130 Å². The minimum Gasteiger partial charge on any atom is -0.394 e. The standard InChI is InChI=1S/C18H32N2O/c1-7-17(4,5)20(6)13-18(14-21,19-15(2)3)16-11-9-8-10-12-16/h8-12,15,19,21H,7,13-14H2,1-6H3. The van der Waals surface area contributed by atoms with E-state index in [0.29, 0.717) is 6.04 Å². The van der Waals surface area contributed by atoms with E-state index in [1.54, 1.807) is 0 Å². The first-order valence-electron chi connectivity index (χ1n) is 7.93. The van der Waals surface area contributed by atoms with Crippen LogP contribution in [-0.4, -0.2) is 41.8 Å². The summed E-state index contributed by atoms with van der Waals surface area (Å²) in [4.78, 5) is 2.34. The van der Waals surface area contributed by atoms with E-state index in [9.17, 15) is 5.11 Å². The molecular formula is C18H32N2O. The molecule has 0 aliphatic rings. The third kappa shape index (κ3) is 4.53. The summed E-state index contributed by atoms with van der Waals surface area (Å²) in [5.74, 6) is 0. The van der Waals surface area contributed by atoms with Gasteiger partial charge in [-0.3, -0.25) is 4.90 Å². The lowest BCUT2D eigenvalue weighted by Crippen LogP contribution is -2.58. The van der Waals surface area contributed by atoms with Crippen molar-refractivity contribution in [3.8, 4) is 0 Å². The first kappa shape index (κ1) is 18.1. The highest BCUT2D eigenvalue weighted by atomic mass is 16.3. The maximum Gasteiger partial charge on any atom is 0.0799 e. The second-order valence-electron chi connectivity index (χ2n) is 6.93. The highest BCUT2D eigenvalue weighted by Gasteiger charge is 2.36. The van der Waals surface area contributed by atoms with Gasteiger partial charge in [0.2, 0.25) is 0 Å². The van der Waals surface area contributed by atoms with Crippen LogP contribution in [0.25, 0.3) is 0 Å². The Morgan fingerprint density at radius 3 is 2.19 bits per heavy atom. The smallest absolute Gasteiger partial charge is 0.0799 e. The van der Waals surface area contributed by atoms with Gasteiger partial charge in [-0.1, -0.05) is 37.3 Å². The molecule has 3 heteroatoms. The number of benzene rings is 1. The molecule has 0 bridgehead atoms. The number of aliphatic hydroxyl groups excluding tert-OH is 1. The maximum atomic E-state index is 10.2. The number of rotatable bonds is 8. The minimum absolute atomic E-state index is 0.0827. The Bertz CT molecular complexity index is 416. The topological polar surface area (TPSA) is 35.5 Å². The lowest BCUT2D eigenvalue weighted by molar-refractivity contribution is 0.0608. The normalized spacial score (nSPS) is 15.5. The molecule has 2 N–H and O–H groups in total. The van der Waals surface area contributed by atoms with E-state index in [1.165, 1.54) is 0 Å². The predicted molar refractivity (Wildman–Crippen MR) is 90.5 cm³/mol. The van der Waals surface area contributed by atoms with Crippen molar-refractivity contribution in [3.05, 3.63) is 35.9 Å². The van der Waals surface area contributed by atoms with Crippen LogP contribution >= 0.6 is 0 Å². The van der Waals surface area contributed by atoms with E-state index in [2.05, 4.69) is 64.0 Å². The Hall–Kier alpha value is -0.900. The van der Waals surface area contributed by atoms with Crippen molar-refractivity contribution in [3.63, 3.8) is 0 Å². The lowest BCUT2D eigenvalue weighted by atomic mass is 9.87. The molecule has 1 rings (SSSR count). The van der Waals surface area contributed by atoms with Crippen molar-refractivity contribution in [1.82, 2.24) is 10.2 Å². The number of nitrogens with one attached hydrogen (secondary N) is 1. The Morgan fingerprint density at radius 1 is 1.19 bits per heavy atom. The monoisotopic (exact) mass is 292 g/mol. The van der Waals surface area contributed by atoms with Gasteiger partial charge in [0.25, 0.3) is 0 Å². The SMILES string of the molecule is CCC(C)(C)N(C)CC(CO)(NC(C)C)c1ccccc1. The molecule has 0 aliphatic carbocycles. The molecule has 21 heavy (non-hydrogen) atoms. The molecule has 3 nitrogen and oxygen atoms in total. The van der Waals surface area contributed by atoms with Gasteiger partial charge in [-0.25, -0.2) is 0 Å². The molecule has 120 valence electrons. The molecule has 1 atom stereocenters. The minimum atomic E-state index is -0.434. The first-order chi connectivity index (χ1) is 9.77. The van der Waals surface area contributed by atoms with Crippen LogP contribution in [0.1, 0.15) is 46.6 Å². The van der Waals surface area contributed by atoms with Gasteiger partial charge in [0, 0.05) is 18.1 Å². The van der Waals surface area contributed by atoms with Crippen LogP contribution in [-0.2, 0) is 5.54 Å². The van der Waals surface area contributed by atoms with E-state index >= 15 is 0 Å². The number of nitrogens with zero attached hydrogens (tertiary/aromatic N) is 1. The highest BCUT2D eigenvalue weighted by Crippen LogP contribution is 2.27. The average molecular weight is 292 g/mol. The molecule has 0 aromatic heterocycles. The van der Waals surface area contributed by atoms with Crippen LogP contribution in [0.15, 0.2) is 30.3 Å². The zero-order valence-electron chi connectivity index (χ0n) is 14.5. The number of hydrogen-bond acceptors (Lipinski definition) is 3. The quantitative estimate of drug-likeness (QED) is 0.773. The molecule has 1 aromatic rings. The Kier molecular flexibility index (Phi) is 6.39. The summed E-state index contributed by atoms with van der Waals surface area (Å²) in [5.41, 5.74) is 0.810. The molecule has 0 heterocycles. The van der Waals surface area contributed by atoms with E-state index < -0.39 is 5.54 Å². The van der Waals surface area contributed by atoms with Crippen molar-refractivity contribution in [2.24, 2.45) is 0 Å². The molecule has 0 fully saturated rings. The summed E-state index contributed by atoms with van der Waals surface area (Å²) in [6, 6.07) is 10.6. The Balaban J connectivity index is 3.13. The van der Waals surface area contributed by atoms with Crippen LogP contribution in [0.5, 0.6) is 0 Å². The fourth-order valence-corrected chi connectivity index (χ4v) is 2.61. The zero-order valence-corrected chi connectivity index (χ0v) is 14.5. The molecule has 0 spiro atoms. The van der Waals surface area contributed by atoms with Crippen molar-refractivity contribution in [1.29, 1.82) is 0 Å². The molecular weight excluding hydrogens is 260 g/mol. The van der Waals surface area contributed by atoms with Gasteiger partial charge < -0.3 is 10.4 Å². The maximum absolute atomic E-state index is 10.2. The largest absolute Gasteiger partial charge is 0.394 e. The van der Waals surface area contributed by atoms with Gasteiger partial charge in [0.15, 0.2) is 0 Å². The van der Waals surface area contributed by atoms with Gasteiger partial charge >= 0.3 is 0 Å². The van der Waals surface area contributed by atoms with Gasteiger partial charge in [-0.2, -0.15) is 0 Å². The third-order valence-electron chi connectivity index (χ3n) is 4.57. The zero-order chi connectivity index (χ0) is 16.1. The van der Waals surface area contributed by atoms with Gasteiger partial charge in [0.1, 0.15) is 0 Å². The second kappa shape index (κ2) is 7.39. The molecule has 1 aromatic carbocycles. The third-order valence-corrected chi connectivity index (χ3v) is 4.57. The summed E-state index contributed by atoms with van der Waals surface area (Å²) in [5, 5.41) is 13.8. The predicted octanol–water partition coefficient (Wildman–Crippen LogP) is 2.99. The molecule has 0 saturated carbocycles. The van der Waals surface area contributed by atoms with E-state index in [4.69, 9.17) is 0 Å². The van der Waals surface area contributed by atoms with Crippen LogP contribution in [0.4, 0.5) is 0 Å². The van der Waals surface area contributed by atoms with E-state index in [0.717, 1.165) is 18.5 Å². The van der Waals surface area contributed by atoms with Crippen LogP contribution in [0, 0.1) is 0 Å². The molecule has 0 saturated heterocycles. The molecule has 0 aliphatic heterocycles. The van der Waals surface area contributed by atoms with Crippen LogP contribution < -0.4 is 5.32 Å². The van der Waals surface area contributed by atoms with E-state index in [1.807, 2.05) is 18.2 Å². The summed E-state index contributed by atoms with van der Waals surface area (Å²) in [7, 11) is 2.14. The summed E-state index contributed by atoms with van der Waals surface area (Å²) in [6.07, 6.45) is 1.07. The van der Waals surface area contributed by atoms with Gasteiger partial charge in [0.05, 0.1) is 12.1 Å². The van der Waals surface area contributed by atoms with Crippen molar-refractivity contribution < 1.29 is 5.11 Å². The summed E-state index contributed by atoms with van der Waals surface area (Å²) >= 11 is 0. The molecule has 0 amide bonds. The number of aliphatic hydroxyl groups is 1. The molecule has 0 radical (unpaired) electrons. The van der Waals surface area contributed by atoms with Crippen molar-refractivity contribution >= 4 is 0 Å². The number of likely N-dealkylation sites (N-methyl/N-ethyl adjacent to an activating group) is 1. The van der Waals surface area contributed by atoms with Crippen molar-refractivity contribution in [2.75, 3.05) is 20.2 Å². The van der Waals surface area contributed by atoms with Crippen molar-refractivity contribution in [2.45, 2.75) is 58.2 Å². The second-order valence-corrected chi connectivity index (χ2v) is 6.93. The van der Waals surface area contributed by atoms with Gasteiger partial charge in [-0.15, -0.1) is 0 Å². The average Bonchev–Trinajstić information content (AvgIpc) is 2.46. The van der Waals surface area contributed by atoms with Crippen LogP contribution in [0.3, 0.4) is 0 Å². The summed E-state index contributed by atoms with van der Waals surface area (Å²) < 4.78 is 0. The van der Waals surface area contributed by atoms with Crippen LogP contribution in [0.2, 0.25) is 0 Å². The van der Waals surface area contributed by atoms with Gasteiger partial charge in [-0.05, 0) is 46.7 Å². The van der Waals surface area contributed by atoms with E-state index in [-0.39, 0.29) is 12.1 Å². The summed E-state index contributed by atoms with van der Waals surface area (Å²) in [6.45, 7) is 11.8. The fraction of sp³-hybridized carbons (Fsp3) is 0.667. The lowest BCUT2D eigenvalue weighted by Gasteiger charge is -2.44. The molecule has 1 unspecified atom stereocenters. The number of hydrogen-bond donors (Lipinski definition) is 2. The Morgan fingerprint density at radius 2 is 1.76 bits per heavy atom.